The number of amides is 1. The molecule has 1 rings (SSSR count). The van der Waals surface area contributed by atoms with Gasteiger partial charge in [-0.3, -0.25) is 4.79 Å². The van der Waals surface area contributed by atoms with Crippen molar-refractivity contribution in [2.24, 2.45) is 0 Å². The molecule has 15 heavy (non-hydrogen) atoms. The zero-order valence-electron chi connectivity index (χ0n) is 10.0. The van der Waals surface area contributed by atoms with Crippen LogP contribution in [0.1, 0.15) is 26.3 Å². The van der Waals surface area contributed by atoms with Gasteiger partial charge in [-0.05, 0) is 18.6 Å². The second kappa shape index (κ2) is 6.87. The maximum absolute atomic E-state index is 10.8. The molecular formula is C12H19NO2. The molecule has 0 spiro atoms. The Morgan fingerprint density at radius 2 is 1.93 bits per heavy atom. The second-order valence-electron chi connectivity index (χ2n) is 2.86. The molecule has 0 unspecified atom stereocenters. The van der Waals surface area contributed by atoms with Crippen LogP contribution >= 0.6 is 0 Å². The van der Waals surface area contributed by atoms with Crippen molar-refractivity contribution in [1.82, 2.24) is 0 Å². The van der Waals surface area contributed by atoms with Crippen LogP contribution in [0.2, 0.25) is 0 Å². The van der Waals surface area contributed by atoms with Crippen molar-refractivity contribution in [3.05, 3.63) is 23.8 Å². The van der Waals surface area contributed by atoms with Crippen LogP contribution < -0.4 is 10.1 Å². The van der Waals surface area contributed by atoms with E-state index in [0.29, 0.717) is 0 Å². The molecule has 1 aromatic carbocycles. The molecule has 1 aromatic rings. The zero-order valence-corrected chi connectivity index (χ0v) is 10.0. The van der Waals surface area contributed by atoms with E-state index >= 15 is 0 Å². The summed E-state index contributed by atoms with van der Waals surface area (Å²) < 4.78 is 5.04. The van der Waals surface area contributed by atoms with Crippen LogP contribution in [-0.2, 0) is 4.79 Å². The van der Waals surface area contributed by atoms with Gasteiger partial charge in [0.1, 0.15) is 5.75 Å². The van der Waals surface area contributed by atoms with Gasteiger partial charge in [0, 0.05) is 18.7 Å². The average Bonchev–Trinajstić information content (AvgIpc) is 2.23. The van der Waals surface area contributed by atoms with Crippen molar-refractivity contribution in [3.63, 3.8) is 0 Å². The first-order chi connectivity index (χ1) is 7.13. The highest BCUT2D eigenvalue weighted by Gasteiger charge is 2.01. The molecule has 0 radical (unpaired) electrons. The number of benzene rings is 1. The number of methoxy groups -OCH3 is 1. The number of rotatable bonds is 2. The third-order valence-electron chi connectivity index (χ3n) is 1.76. The van der Waals surface area contributed by atoms with Gasteiger partial charge in [0.05, 0.1) is 7.11 Å². The van der Waals surface area contributed by atoms with Crippen LogP contribution in [0, 0.1) is 6.92 Å². The normalized spacial score (nSPS) is 8.60. The number of aryl methyl sites for hydroxylation is 1. The van der Waals surface area contributed by atoms with Gasteiger partial charge in [0.2, 0.25) is 5.91 Å². The summed E-state index contributed by atoms with van der Waals surface area (Å²) in [6.45, 7) is 7.42. The van der Waals surface area contributed by atoms with Crippen molar-refractivity contribution < 1.29 is 9.53 Å². The summed E-state index contributed by atoms with van der Waals surface area (Å²) in [7, 11) is 1.60. The maximum Gasteiger partial charge on any atom is 0.221 e. The highest BCUT2D eigenvalue weighted by molar-refractivity contribution is 5.89. The highest BCUT2D eigenvalue weighted by atomic mass is 16.5. The molecule has 0 fully saturated rings. The van der Waals surface area contributed by atoms with Gasteiger partial charge < -0.3 is 10.1 Å². The summed E-state index contributed by atoms with van der Waals surface area (Å²) in [6, 6.07) is 5.57. The van der Waals surface area contributed by atoms with Gasteiger partial charge in [0.15, 0.2) is 0 Å². The first-order valence-corrected chi connectivity index (χ1v) is 5.05. The lowest BCUT2D eigenvalue weighted by Crippen LogP contribution is -2.07. The largest absolute Gasteiger partial charge is 0.497 e. The number of anilines is 1. The fourth-order valence-corrected chi connectivity index (χ4v) is 1.05. The minimum absolute atomic E-state index is 0.0728. The number of nitrogens with one attached hydrogen (secondary N) is 1. The minimum Gasteiger partial charge on any atom is -0.497 e. The SMILES string of the molecule is CC.COc1ccc(C)c(NC(C)=O)c1. The van der Waals surface area contributed by atoms with E-state index in [4.69, 9.17) is 4.74 Å². The third-order valence-corrected chi connectivity index (χ3v) is 1.76. The summed E-state index contributed by atoms with van der Waals surface area (Å²) in [5, 5.41) is 2.73. The first-order valence-electron chi connectivity index (χ1n) is 5.05. The Bertz CT molecular complexity index is 321. The molecule has 0 saturated carbocycles. The Balaban J connectivity index is 0.000000921. The van der Waals surface area contributed by atoms with Crippen molar-refractivity contribution in [1.29, 1.82) is 0 Å². The topological polar surface area (TPSA) is 38.3 Å². The van der Waals surface area contributed by atoms with Crippen LogP contribution in [0.5, 0.6) is 5.75 Å². The van der Waals surface area contributed by atoms with Gasteiger partial charge >= 0.3 is 0 Å². The summed E-state index contributed by atoms with van der Waals surface area (Å²) in [5.41, 5.74) is 1.82. The molecule has 0 saturated heterocycles. The fraction of sp³-hybridized carbons (Fsp3) is 0.417. The van der Waals surface area contributed by atoms with Crippen LogP contribution in [0.15, 0.2) is 18.2 Å². The summed E-state index contributed by atoms with van der Waals surface area (Å²) in [4.78, 5) is 10.8. The molecule has 1 N–H and O–H groups in total. The molecule has 0 aliphatic heterocycles. The number of hydrogen-bond acceptors (Lipinski definition) is 2. The highest BCUT2D eigenvalue weighted by Crippen LogP contribution is 2.21. The molecule has 0 aliphatic rings. The smallest absolute Gasteiger partial charge is 0.221 e. The van der Waals surface area contributed by atoms with E-state index in [9.17, 15) is 4.79 Å². The molecule has 3 heteroatoms. The van der Waals surface area contributed by atoms with Crippen LogP contribution in [0.25, 0.3) is 0 Å². The molecule has 84 valence electrons. The van der Waals surface area contributed by atoms with Crippen LogP contribution in [0.3, 0.4) is 0 Å². The Labute approximate surface area is 91.5 Å². The van der Waals surface area contributed by atoms with E-state index in [2.05, 4.69) is 5.32 Å². The molecular weight excluding hydrogens is 190 g/mol. The van der Waals surface area contributed by atoms with Gasteiger partial charge in [-0.15, -0.1) is 0 Å². The van der Waals surface area contributed by atoms with Gasteiger partial charge in [-0.2, -0.15) is 0 Å². The van der Waals surface area contributed by atoms with E-state index in [1.54, 1.807) is 13.2 Å². The van der Waals surface area contributed by atoms with Crippen LogP contribution in [0.4, 0.5) is 5.69 Å². The van der Waals surface area contributed by atoms with Gasteiger partial charge in [-0.1, -0.05) is 19.9 Å². The maximum atomic E-state index is 10.8. The molecule has 0 aliphatic carbocycles. The summed E-state index contributed by atoms with van der Waals surface area (Å²) in [5.74, 6) is 0.672. The predicted molar refractivity (Wildman–Crippen MR) is 63.4 cm³/mol. The van der Waals surface area contributed by atoms with Crippen molar-refractivity contribution >= 4 is 11.6 Å². The van der Waals surface area contributed by atoms with E-state index in [1.807, 2.05) is 32.9 Å². The summed E-state index contributed by atoms with van der Waals surface area (Å²) >= 11 is 0. The third kappa shape index (κ3) is 4.49. The lowest BCUT2D eigenvalue weighted by atomic mass is 10.2. The quantitative estimate of drug-likeness (QED) is 0.813. The number of carbonyl (C=O) groups excluding carboxylic acids is 1. The molecule has 1 amide bonds. The first kappa shape index (κ1) is 13.5. The number of hydrogen-bond donors (Lipinski definition) is 1. The Morgan fingerprint density at radius 1 is 1.33 bits per heavy atom. The monoisotopic (exact) mass is 209 g/mol. The molecule has 0 heterocycles. The zero-order chi connectivity index (χ0) is 11.8. The van der Waals surface area contributed by atoms with E-state index < -0.39 is 0 Å². The second-order valence-corrected chi connectivity index (χ2v) is 2.86. The Morgan fingerprint density at radius 3 is 2.40 bits per heavy atom. The Kier molecular flexibility index (Phi) is 6.18. The van der Waals surface area contributed by atoms with Crippen LogP contribution in [-0.4, -0.2) is 13.0 Å². The van der Waals surface area contributed by atoms with Crippen molar-refractivity contribution in [2.45, 2.75) is 27.7 Å². The number of ether oxygens (including phenoxy) is 1. The lowest BCUT2D eigenvalue weighted by molar-refractivity contribution is -0.114. The van der Waals surface area contributed by atoms with E-state index in [1.165, 1.54) is 6.92 Å². The van der Waals surface area contributed by atoms with Gasteiger partial charge in [-0.25, -0.2) is 0 Å². The molecule has 0 atom stereocenters. The molecule has 3 nitrogen and oxygen atoms in total. The minimum atomic E-state index is -0.0728. The molecule has 0 bridgehead atoms. The average molecular weight is 209 g/mol. The Hall–Kier alpha value is -1.51. The lowest BCUT2D eigenvalue weighted by Gasteiger charge is -2.07. The van der Waals surface area contributed by atoms with Gasteiger partial charge in [0.25, 0.3) is 0 Å². The predicted octanol–water partition coefficient (Wildman–Crippen LogP) is 2.99. The van der Waals surface area contributed by atoms with Crippen molar-refractivity contribution in [2.75, 3.05) is 12.4 Å². The number of carbonyl (C=O) groups is 1. The standard InChI is InChI=1S/C10H13NO2.C2H6/c1-7-4-5-9(13-3)6-10(7)11-8(2)12;1-2/h4-6H,1-3H3,(H,11,12);1-2H3. The summed E-state index contributed by atoms with van der Waals surface area (Å²) in [6.07, 6.45) is 0. The fourth-order valence-electron chi connectivity index (χ4n) is 1.05. The molecule has 0 aromatic heterocycles. The van der Waals surface area contributed by atoms with E-state index in [-0.39, 0.29) is 5.91 Å². The van der Waals surface area contributed by atoms with E-state index in [0.717, 1.165) is 17.0 Å². The van der Waals surface area contributed by atoms with Crippen molar-refractivity contribution in [3.8, 4) is 5.75 Å².